The lowest BCUT2D eigenvalue weighted by molar-refractivity contribution is 0.902. The van der Waals surface area contributed by atoms with Crippen LogP contribution in [0, 0.1) is 20.8 Å². The second-order valence-electron chi connectivity index (χ2n) is 7.21. The molecule has 4 aromatic heterocycles. The zero-order valence-electron chi connectivity index (χ0n) is 16.6. The summed E-state index contributed by atoms with van der Waals surface area (Å²) in [4.78, 5) is 11.6. The Balaban J connectivity index is 1.59. The Morgan fingerprint density at radius 2 is 1.90 bits per heavy atom. The van der Waals surface area contributed by atoms with Crippen LogP contribution in [0.3, 0.4) is 0 Å². The van der Waals surface area contributed by atoms with Gasteiger partial charge in [0.05, 0.1) is 16.2 Å². The summed E-state index contributed by atoms with van der Waals surface area (Å²) in [6, 6.07) is 10.4. The van der Waals surface area contributed by atoms with Crippen LogP contribution >= 0.6 is 23.1 Å². The number of aromatic nitrogens is 5. The van der Waals surface area contributed by atoms with E-state index in [1.807, 2.05) is 6.07 Å². The molecule has 8 heteroatoms. The van der Waals surface area contributed by atoms with Crippen molar-refractivity contribution < 1.29 is 0 Å². The number of aryl methyl sites for hydroxylation is 3. The summed E-state index contributed by atoms with van der Waals surface area (Å²) in [6.07, 6.45) is 0. The average Bonchev–Trinajstić information content (AvgIpc) is 3.22. The number of hydrogen-bond donors (Lipinski definition) is 1. The molecular weight excluding hydrogens is 400 g/mol. The minimum Gasteiger partial charge on any atom is -0.383 e. The number of fused-ring (bicyclic) bond motifs is 4. The Morgan fingerprint density at radius 3 is 2.72 bits per heavy atom. The van der Waals surface area contributed by atoms with Crippen molar-refractivity contribution in [1.29, 1.82) is 0 Å². The predicted octanol–water partition coefficient (Wildman–Crippen LogP) is 5.25. The van der Waals surface area contributed by atoms with Crippen LogP contribution in [-0.2, 0) is 0 Å². The van der Waals surface area contributed by atoms with Crippen molar-refractivity contribution in [2.24, 2.45) is 0 Å². The first kappa shape index (κ1) is 18.3. The van der Waals surface area contributed by atoms with Gasteiger partial charge in [0.2, 0.25) is 0 Å². The number of benzene rings is 1. The molecule has 1 unspecified atom stereocenters. The van der Waals surface area contributed by atoms with Crippen molar-refractivity contribution in [3.05, 3.63) is 52.2 Å². The molecule has 0 aliphatic carbocycles. The van der Waals surface area contributed by atoms with Crippen LogP contribution in [0.15, 0.2) is 35.5 Å². The third-order valence-electron chi connectivity index (χ3n) is 5.29. The Morgan fingerprint density at radius 1 is 1.10 bits per heavy atom. The van der Waals surface area contributed by atoms with Crippen LogP contribution < -0.4 is 5.73 Å². The summed E-state index contributed by atoms with van der Waals surface area (Å²) in [6.45, 7) is 8.34. The highest BCUT2D eigenvalue weighted by atomic mass is 32.2. The Hall–Kier alpha value is -2.71. The SMILES string of the molecule is Cc1sc2nc(C(C)Sc3nnc4cc(C)c5ccccc5n34)nc(N)c2c1C. The number of thioether (sulfide) groups is 1. The molecule has 2 N–H and O–H groups in total. The van der Waals surface area contributed by atoms with Crippen molar-refractivity contribution in [1.82, 2.24) is 24.6 Å². The summed E-state index contributed by atoms with van der Waals surface area (Å²) < 4.78 is 2.10. The topological polar surface area (TPSA) is 82.0 Å². The second kappa shape index (κ2) is 6.67. The van der Waals surface area contributed by atoms with Crippen molar-refractivity contribution in [2.75, 3.05) is 5.73 Å². The molecule has 0 bridgehead atoms. The third-order valence-corrected chi connectivity index (χ3v) is 7.43. The molecule has 6 nitrogen and oxygen atoms in total. The van der Waals surface area contributed by atoms with Gasteiger partial charge in [-0.1, -0.05) is 30.0 Å². The largest absolute Gasteiger partial charge is 0.383 e. The monoisotopic (exact) mass is 420 g/mol. The van der Waals surface area contributed by atoms with Crippen LogP contribution in [0.4, 0.5) is 5.82 Å². The van der Waals surface area contributed by atoms with Gasteiger partial charge in [0.15, 0.2) is 10.8 Å². The predicted molar refractivity (Wildman–Crippen MR) is 121 cm³/mol. The number of anilines is 1. The number of para-hydroxylation sites is 1. The lowest BCUT2D eigenvalue weighted by Gasteiger charge is -2.11. The molecular formula is C21H20N6S2. The van der Waals surface area contributed by atoms with Gasteiger partial charge in [-0.2, -0.15) is 0 Å². The summed E-state index contributed by atoms with van der Waals surface area (Å²) in [5, 5.41) is 11.8. The maximum atomic E-state index is 6.28. The summed E-state index contributed by atoms with van der Waals surface area (Å²) in [7, 11) is 0. The second-order valence-corrected chi connectivity index (χ2v) is 9.72. The van der Waals surface area contributed by atoms with Crippen LogP contribution in [0.1, 0.15) is 34.0 Å². The Labute approximate surface area is 176 Å². The first-order chi connectivity index (χ1) is 13.9. The molecule has 0 spiro atoms. The van der Waals surface area contributed by atoms with Crippen LogP contribution in [0.25, 0.3) is 26.8 Å². The number of rotatable bonds is 3. The number of pyridine rings is 1. The fourth-order valence-electron chi connectivity index (χ4n) is 3.64. The highest BCUT2D eigenvalue weighted by Crippen LogP contribution is 2.37. The Kier molecular flexibility index (Phi) is 4.22. The maximum Gasteiger partial charge on any atom is 0.196 e. The van der Waals surface area contributed by atoms with E-state index in [2.05, 4.69) is 71.5 Å². The average molecular weight is 421 g/mol. The fourth-order valence-corrected chi connectivity index (χ4v) is 5.60. The number of nitrogens with zero attached hydrogens (tertiary/aromatic N) is 5. The van der Waals surface area contributed by atoms with Crippen molar-refractivity contribution >= 4 is 55.7 Å². The maximum absolute atomic E-state index is 6.28. The van der Waals surface area contributed by atoms with Gasteiger partial charge < -0.3 is 5.73 Å². The molecule has 0 saturated carbocycles. The van der Waals surface area contributed by atoms with Crippen molar-refractivity contribution in [3.63, 3.8) is 0 Å². The molecule has 5 aromatic rings. The number of thiophene rings is 1. The normalized spacial score (nSPS) is 13.0. The zero-order chi connectivity index (χ0) is 20.3. The van der Waals surface area contributed by atoms with Crippen LogP contribution in [0.5, 0.6) is 0 Å². The van der Waals surface area contributed by atoms with E-state index in [0.717, 1.165) is 32.4 Å². The van der Waals surface area contributed by atoms with E-state index in [1.165, 1.54) is 21.4 Å². The Bertz CT molecular complexity index is 1400. The van der Waals surface area contributed by atoms with E-state index >= 15 is 0 Å². The lowest BCUT2D eigenvalue weighted by Crippen LogP contribution is -2.03. The molecule has 0 radical (unpaired) electrons. The minimum absolute atomic E-state index is 0.0168. The highest BCUT2D eigenvalue weighted by Gasteiger charge is 2.20. The van der Waals surface area contributed by atoms with E-state index in [4.69, 9.17) is 10.7 Å². The van der Waals surface area contributed by atoms with Crippen molar-refractivity contribution in [2.45, 2.75) is 38.1 Å². The van der Waals surface area contributed by atoms with E-state index in [9.17, 15) is 0 Å². The molecule has 1 aromatic carbocycles. The standard InChI is InChI=1S/C21H20N6S2/c1-10-9-16-25-26-21(27(16)15-8-6-5-7-14(10)15)29-13(4)19-23-18(22)17-11(2)12(3)28-20(17)24-19/h5-9,13H,1-4H3,(H2,22,23,24). The summed E-state index contributed by atoms with van der Waals surface area (Å²) in [5.74, 6) is 1.26. The molecule has 0 aliphatic rings. The summed E-state index contributed by atoms with van der Waals surface area (Å²) in [5.41, 5.74) is 10.6. The minimum atomic E-state index is -0.0168. The molecule has 146 valence electrons. The molecule has 0 saturated heterocycles. The smallest absolute Gasteiger partial charge is 0.196 e. The molecule has 0 aliphatic heterocycles. The first-order valence-corrected chi connectivity index (χ1v) is 11.1. The first-order valence-electron chi connectivity index (χ1n) is 9.37. The number of nitrogens with two attached hydrogens (primary N) is 1. The van der Waals surface area contributed by atoms with E-state index in [0.29, 0.717) is 5.82 Å². The zero-order valence-corrected chi connectivity index (χ0v) is 18.2. The highest BCUT2D eigenvalue weighted by molar-refractivity contribution is 7.99. The summed E-state index contributed by atoms with van der Waals surface area (Å²) >= 11 is 3.26. The molecule has 29 heavy (non-hydrogen) atoms. The van der Waals surface area contributed by atoms with Crippen LogP contribution in [-0.4, -0.2) is 24.6 Å². The van der Waals surface area contributed by atoms with Gasteiger partial charge in [0.1, 0.15) is 16.5 Å². The van der Waals surface area contributed by atoms with Gasteiger partial charge in [0, 0.05) is 10.3 Å². The van der Waals surface area contributed by atoms with Gasteiger partial charge in [-0.05, 0) is 51.0 Å². The van der Waals surface area contributed by atoms with E-state index < -0.39 is 0 Å². The van der Waals surface area contributed by atoms with Gasteiger partial charge in [-0.3, -0.25) is 4.40 Å². The van der Waals surface area contributed by atoms with Gasteiger partial charge in [-0.15, -0.1) is 21.5 Å². The van der Waals surface area contributed by atoms with Crippen LogP contribution in [0.2, 0.25) is 0 Å². The number of hydrogen-bond acceptors (Lipinski definition) is 7. The van der Waals surface area contributed by atoms with Crippen molar-refractivity contribution in [3.8, 4) is 0 Å². The molecule has 5 rings (SSSR count). The van der Waals surface area contributed by atoms with E-state index in [-0.39, 0.29) is 5.25 Å². The third kappa shape index (κ3) is 2.86. The lowest BCUT2D eigenvalue weighted by atomic mass is 10.1. The quantitative estimate of drug-likeness (QED) is 0.402. The molecule has 0 fully saturated rings. The van der Waals surface area contributed by atoms with Gasteiger partial charge in [-0.25, -0.2) is 9.97 Å². The fraction of sp³-hybridized carbons (Fsp3) is 0.238. The molecule has 4 heterocycles. The van der Waals surface area contributed by atoms with Gasteiger partial charge >= 0.3 is 0 Å². The van der Waals surface area contributed by atoms with E-state index in [1.54, 1.807) is 23.1 Å². The molecule has 1 atom stereocenters. The van der Waals surface area contributed by atoms with Gasteiger partial charge in [0.25, 0.3) is 0 Å². The molecule has 0 amide bonds. The number of nitrogen functional groups attached to an aromatic ring is 1.